The first-order valence-electron chi connectivity index (χ1n) is 22.2. The molecule has 4 nitrogen and oxygen atoms in total. The molecule has 0 spiro atoms. The van der Waals surface area contributed by atoms with Gasteiger partial charge < -0.3 is 4.57 Å². The summed E-state index contributed by atoms with van der Waals surface area (Å²) < 4.78 is 12.7. The lowest BCUT2D eigenvalue weighted by molar-refractivity contribution is -0.0418. The molecule has 0 aliphatic heterocycles. The van der Waals surface area contributed by atoms with Gasteiger partial charge in [-0.2, -0.15) is 0 Å². The molecule has 4 aliphatic carbocycles. The van der Waals surface area contributed by atoms with Gasteiger partial charge in [-0.3, -0.25) is 0 Å². The normalized spacial score (nSPS) is 21.5. The summed E-state index contributed by atoms with van der Waals surface area (Å²) in [6, 6.07) is 65.1. The molecule has 304 valence electrons. The molecule has 4 saturated carbocycles. The van der Waals surface area contributed by atoms with Crippen molar-refractivity contribution in [2.24, 2.45) is 23.7 Å². The monoisotopic (exact) mass is 823 g/mol. The third-order valence-corrected chi connectivity index (χ3v) is 15.9. The third kappa shape index (κ3) is 6.95. The molecule has 0 amide bonds. The predicted octanol–water partition coefficient (Wildman–Crippen LogP) is 13.9. The molecule has 7 aromatic carbocycles. The maximum Gasteiger partial charge on any atom is 0.164 e. The van der Waals surface area contributed by atoms with E-state index in [2.05, 4.69) is 164 Å². The van der Waals surface area contributed by atoms with E-state index in [1.165, 1.54) is 54.4 Å². The first kappa shape index (κ1) is 38.7. The summed E-state index contributed by atoms with van der Waals surface area (Å²) in [5.74, 6) is 4.90. The Labute approximate surface area is 365 Å². The molecule has 0 saturated heterocycles. The molecule has 4 bridgehead atoms. The van der Waals surface area contributed by atoms with Gasteiger partial charge >= 0.3 is 0 Å². The third-order valence-electron chi connectivity index (χ3n) is 14.4. The van der Waals surface area contributed by atoms with E-state index in [4.69, 9.17) is 15.0 Å². The van der Waals surface area contributed by atoms with Crippen molar-refractivity contribution in [3.05, 3.63) is 193 Å². The smallest absolute Gasteiger partial charge is 0.164 e. The molecule has 4 aliphatic rings. The largest absolute Gasteiger partial charge is 0.319 e. The number of benzene rings is 7. The average Bonchev–Trinajstić information content (AvgIpc) is 3.32. The minimum Gasteiger partial charge on any atom is -0.319 e. The van der Waals surface area contributed by atoms with Crippen molar-refractivity contribution in [1.29, 1.82) is 0 Å². The van der Waals surface area contributed by atoms with Crippen LogP contribution < -0.4 is 5.30 Å². The van der Waals surface area contributed by atoms with Gasteiger partial charge in [0.1, 0.15) is 7.14 Å². The lowest BCUT2D eigenvalue weighted by atomic mass is 9.42. The summed E-state index contributed by atoms with van der Waals surface area (Å²) in [7, 11) is -2.30. The Hall–Kier alpha value is -6.22. The minimum absolute atomic E-state index is 0.0457. The SMILES string of the molecule is CP(C)(=O)c1ccc(-c2ccc(C3(c4ccc(-c5nc(-c6ccc(-c7ccccc7)cc6)nc(-c6ccccc6-c6ccccc6)n5)cc4)C4CC5CC(C4)CC3C5)cc2)cc1. The summed E-state index contributed by atoms with van der Waals surface area (Å²) in [5, 5.41) is 0.924. The molecule has 0 unspecified atom stereocenters. The van der Waals surface area contributed by atoms with Crippen LogP contribution in [0.4, 0.5) is 0 Å². The second kappa shape index (κ2) is 15.6. The fourth-order valence-electron chi connectivity index (χ4n) is 11.6. The Balaban J connectivity index is 0.998. The van der Waals surface area contributed by atoms with Crippen LogP contribution in [-0.2, 0) is 9.98 Å². The van der Waals surface area contributed by atoms with Crippen LogP contribution in [0, 0.1) is 23.7 Å². The second-order valence-corrected chi connectivity index (χ2v) is 21.6. The van der Waals surface area contributed by atoms with E-state index < -0.39 is 7.14 Å². The Morgan fingerprint density at radius 1 is 0.387 bits per heavy atom. The van der Waals surface area contributed by atoms with Gasteiger partial charge in [0.2, 0.25) is 0 Å². The van der Waals surface area contributed by atoms with Crippen LogP contribution in [0.3, 0.4) is 0 Å². The fourth-order valence-corrected chi connectivity index (χ4v) is 12.5. The molecule has 12 rings (SSSR count). The summed E-state index contributed by atoms with van der Waals surface area (Å²) in [4.78, 5) is 15.7. The highest BCUT2D eigenvalue weighted by atomic mass is 31.2. The van der Waals surface area contributed by atoms with E-state index in [1.807, 2.05) is 31.5 Å². The van der Waals surface area contributed by atoms with Gasteiger partial charge in [0.25, 0.3) is 0 Å². The van der Waals surface area contributed by atoms with Gasteiger partial charge in [0.05, 0.1) is 0 Å². The van der Waals surface area contributed by atoms with Crippen molar-refractivity contribution in [2.45, 2.75) is 37.5 Å². The predicted molar refractivity (Wildman–Crippen MR) is 256 cm³/mol. The molecule has 0 radical (unpaired) electrons. The maximum absolute atomic E-state index is 12.7. The van der Waals surface area contributed by atoms with Crippen molar-refractivity contribution in [3.63, 3.8) is 0 Å². The van der Waals surface area contributed by atoms with Gasteiger partial charge in [0.15, 0.2) is 17.5 Å². The molecule has 4 fully saturated rings. The average molecular weight is 824 g/mol. The number of nitrogens with zero attached hydrogens (tertiary/aromatic N) is 3. The number of rotatable bonds is 9. The van der Waals surface area contributed by atoms with Crippen molar-refractivity contribution < 1.29 is 4.57 Å². The van der Waals surface area contributed by atoms with E-state index in [9.17, 15) is 4.57 Å². The van der Waals surface area contributed by atoms with E-state index >= 15 is 0 Å². The van der Waals surface area contributed by atoms with Crippen LogP contribution in [0.25, 0.3) is 67.5 Å². The molecule has 0 N–H and O–H groups in total. The van der Waals surface area contributed by atoms with Crippen LogP contribution in [0.1, 0.15) is 43.2 Å². The summed E-state index contributed by atoms with van der Waals surface area (Å²) >= 11 is 0. The Morgan fingerprint density at radius 2 is 0.758 bits per heavy atom. The highest BCUT2D eigenvalue weighted by Crippen LogP contribution is 2.65. The molecule has 1 aromatic heterocycles. The first-order valence-corrected chi connectivity index (χ1v) is 24.8. The minimum atomic E-state index is -2.30. The van der Waals surface area contributed by atoms with E-state index in [0.717, 1.165) is 56.1 Å². The molecule has 62 heavy (non-hydrogen) atoms. The van der Waals surface area contributed by atoms with E-state index in [0.29, 0.717) is 29.3 Å². The Morgan fingerprint density at radius 3 is 1.26 bits per heavy atom. The van der Waals surface area contributed by atoms with Crippen LogP contribution >= 0.6 is 7.14 Å². The quantitative estimate of drug-likeness (QED) is 0.136. The Kier molecular flexibility index (Phi) is 9.73. The summed E-state index contributed by atoms with van der Waals surface area (Å²) in [6.45, 7) is 3.68. The van der Waals surface area contributed by atoms with Crippen LogP contribution in [0.15, 0.2) is 182 Å². The van der Waals surface area contributed by atoms with E-state index in [-0.39, 0.29) is 5.41 Å². The fraction of sp³-hybridized carbons (Fsp3) is 0.211. The van der Waals surface area contributed by atoms with Gasteiger partial charge in [-0.25, -0.2) is 15.0 Å². The standard InChI is InChI=1S/C57H50N3OP/c1-62(2,61)51-31-25-43(26-32-51)42-21-27-47(28-22-42)57(49-34-38-33-39(36-49)37-50(57)35-38)48-29-23-46(24-30-48)55-58-54(45-19-17-41(18-20-45)40-11-5-3-6-12-40)59-56(60-55)53-16-10-9-15-52(53)44-13-7-4-8-14-44/h3-32,38-39,49-50H,33-37H2,1-2H3. The number of aromatic nitrogens is 3. The Bertz CT molecular complexity index is 2890. The topological polar surface area (TPSA) is 55.7 Å². The van der Waals surface area contributed by atoms with Crippen LogP contribution in [0.2, 0.25) is 0 Å². The molecule has 5 heteroatoms. The van der Waals surface area contributed by atoms with Gasteiger partial charge in [-0.05, 0) is 114 Å². The highest BCUT2D eigenvalue weighted by Gasteiger charge is 2.58. The molecular weight excluding hydrogens is 774 g/mol. The van der Waals surface area contributed by atoms with Crippen molar-refractivity contribution in [2.75, 3.05) is 13.3 Å². The number of hydrogen-bond donors (Lipinski definition) is 0. The lowest BCUT2D eigenvalue weighted by Gasteiger charge is -2.62. The van der Waals surface area contributed by atoms with Crippen molar-refractivity contribution >= 4 is 12.4 Å². The first-order chi connectivity index (χ1) is 30.3. The van der Waals surface area contributed by atoms with Crippen molar-refractivity contribution in [1.82, 2.24) is 15.0 Å². The zero-order valence-corrected chi connectivity index (χ0v) is 36.3. The zero-order chi connectivity index (χ0) is 41.8. The zero-order valence-electron chi connectivity index (χ0n) is 35.4. The molecule has 8 aromatic rings. The molecule has 0 atom stereocenters. The van der Waals surface area contributed by atoms with Crippen LogP contribution in [-0.4, -0.2) is 28.3 Å². The van der Waals surface area contributed by atoms with Crippen LogP contribution in [0.5, 0.6) is 0 Å². The summed E-state index contributed by atoms with van der Waals surface area (Å²) in [6.07, 6.45) is 6.62. The lowest BCUT2D eigenvalue weighted by Crippen LogP contribution is -2.56. The van der Waals surface area contributed by atoms with Gasteiger partial charge in [0, 0.05) is 27.4 Å². The van der Waals surface area contributed by atoms with Crippen molar-refractivity contribution in [3.8, 4) is 67.5 Å². The maximum atomic E-state index is 12.7. The molecular formula is C57H50N3OP. The highest BCUT2D eigenvalue weighted by molar-refractivity contribution is 7.70. The molecule has 1 heterocycles. The summed E-state index contributed by atoms with van der Waals surface area (Å²) in [5.41, 5.74) is 12.6. The van der Waals surface area contributed by atoms with E-state index in [1.54, 1.807) is 0 Å². The number of hydrogen-bond acceptors (Lipinski definition) is 4. The van der Waals surface area contributed by atoms with Gasteiger partial charge in [-0.1, -0.05) is 182 Å². The second-order valence-electron chi connectivity index (χ2n) is 18.4. The van der Waals surface area contributed by atoms with Gasteiger partial charge in [-0.15, -0.1) is 0 Å².